The highest BCUT2D eigenvalue weighted by Crippen LogP contribution is 2.26. The van der Waals surface area contributed by atoms with Gasteiger partial charge in [-0.05, 0) is 33.2 Å². The summed E-state index contributed by atoms with van der Waals surface area (Å²) in [5.41, 5.74) is -1.34. The molecule has 21 heavy (non-hydrogen) atoms. The molecule has 116 valence electrons. The Morgan fingerprint density at radius 1 is 1.48 bits per heavy atom. The molecule has 0 aliphatic heterocycles. The second-order valence-electron chi connectivity index (χ2n) is 5.38. The highest BCUT2D eigenvalue weighted by molar-refractivity contribution is 5.90. The van der Waals surface area contributed by atoms with E-state index in [1.807, 2.05) is 0 Å². The molecule has 0 saturated carbocycles. The van der Waals surface area contributed by atoms with Gasteiger partial charge in [0.05, 0.1) is 16.1 Å². The molecule has 1 atom stereocenters. The Morgan fingerprint density at radius 3 is 2.57 bits per heavy atom. The number of carboxylic acids is 1. The second-order valence-corrected chi connectivity index (χ2v) is 5.38. The number of nitrogens with zero attached hydrogens (tertiary/aromatic N) is 2. The van der Waals surface area contributed by atoms with Crippen LogP contribution in [0, 0.1) is 10.1 Å². The van der Waals surface area contributed by atoms with E-state index in [-0.39, 0.29) is 23.5 Å². The smallest absolute Gasteiger partial charge is 0.335 e. The van der Waals surface area contributed by atoms with Crippen molar-refractivity contribution in [1.82, 2.24) is 4.90 Å². The van der Waals surface area contributed by atoms with E-state index in [9.17, 15) is 20.0 Å². The molecule has 0 aliphatic carbocycles. The van der Waals surface area contributed by atoms with Gasteiger partial charge in [-0.1, -0.05) is 0 Å². The zero-order valence-corrected chi connectivity index (χ0v) is 12.2. The van der Waals surface area contributed by atoms with E-state index < -0.39 is 16.5 Å². The van der Waals surface area contributed by atoms with Crippen molar-refractivity contribution in [2.45, 2.75) is 12.5 Å². The van der Waals surface area contributed by atoms with Gasteiger partial charge < -0.3 is 20.4 Å². The molecule has 0 bridgehead atoms. The lowest BCUT2D eigenvalue weighted by Gasteiger charge is -2.27. The lowest BCUT2D eigenvalue weighted by atomic mass is 10.1. The van der Waals surface area contributed by atoms with Crippen molar-refractivity contribution >= 4 is 17.3 Å². The van der Waals surface area contributed by atoms with Crippen LogP contribution < -0.4 is 5.32 Å². The van der Waals surface area contributed by atoms with Gasteiger partial charge in [0.2, 0.25) is 0 Å². The van der Waals surface area contributed by atoms with Gasteiger partial charge in [-0.3, -0.25) is 10.1 Å². The zero-order chi connectivity index (χ0) is 16.2. The number of nitro groups is 1. The van der Waals surface area contributed by atoms with Gasteiger partial charge in [0.15, 0.2) is 0 Å². The van der Waals surface area contributed by atoms with Crippen molar-refractivity contribution in [3.05, 3.63) is 33.9 Å². The Balaban J connectivity index is 2.97. The van der Waals surface area contributed by atoms with Crippen molar-refractivity contribution in [2.24, 2.45) is 0 Å². The summed E-state index contributed by atoms with van der Waals surface area (Å²) < 4.78 is 0. The van der Waals surface area contributed by atoms with Crippen LogP contribution in [-0.2, 0) is 0 Å². The third-order valence-corrected chi connectivity index (χ3v) is 2.76. The monoisotopic (exact) mass is 297 g/mol. The second kappa shape index (κ2) is 6.51. The van der Waals surface area contributed by atoms with Gasteiger partial charge in [-0.2, -0.15) is 0 Å². The summed E-state index contributed by atoms with van der Waals surface area (Å²) in [6, 6.07) is 3.49. The fourth-order valence-corrected chi connectivity index (χ4v) is 1.99. The zero-order valence-electron chi connectivity index (χ0n) is 12.2. The number of nitrogens with one attached hydrogen (secondary N) is 1. The van der Waals surface area contributed by atoms with Crippen molar-refractivity contribution < 1.29 is 19.9 Å². The standard InChI is InChI=1S/C13H19N3O5/c1-13(19,8-15(2)3)7-14-10-6-9(12(17)18)4-5-11(10)16(20)21/h4-6,14,19H,7-8H2,1-3H3,(H,17,18). The maximum atomic E-state index is 11.0. The van der Waals surface area contributed by atoms with Crippen LogP contribution in [0.5, 0.6) is 0 Å². The number of rotatable bonds is 7. The summed E-state index contributed by atoms with van der Waals surface area (Å²) in [7, 11) is 3.59. The van der Waals surface area contributed by atoms with E-state index in [2.05, 4.69) is 5.32 Å². The van der Waals surface area contributed by atoms with Crippen molar-refractivity contribution in [1.29, 1.82) is 0 Å². The molecule has 8 heteroatoms. The molecular weight excluding hydrogens is 278 g/mol. The predicted octanol–water partition coefficient (Wildman–Crippen LogP) is 1.02. The first-order valence-electron chi connectivity index (χ1n) is 6.25. The van der Waals surface area contributed by atoms with Crippen molar-refractivity contribution in [3.63, 3.8) is 0 Å². The minimum Gasteiger partial charge on any atom is -0.478 e. The van der Waals surface area contributed by atoms with Crippen LogP contribution in [0.4, 0.5) is 11.4 Å². The average Bonchev–Trinajstić information content (AvgIpc) is 2.34. The number of nitro benzene ring substituents is 1. The number of benzene rings is 1. The first-order valence-corrected chi connectivity index (χ1v) is 6.25. The van der Waals surface area contributed by atoms with E-state index in [4.69, 9.17) is 5.11 Å². The summed E-state index contributed by atoms with van der Waals surface area (Å²) in [4.78, 5) is 23.1. The Bertz CT molecular complexity index is 543. The van der Waals surface area contributed by atoms with Crippen LogP contribution >= 0.6 is 0 Å². The van der Waals surface area contributed by atoms with Crippen LogP contribution in [-0.4, -0.2) is 58.8 Å². The minimum absolute atomic E-state index is 0.0507. The van der Waals surface area contributed by atoms with Crippen LogP contribution in [0.1, 0.15) is 17.3 Å². The SMILES string of the molecule is CN(C)CC(C)(O)CNc1cc(C(=O)O)ccc1[N+](=O)[O-]. The van der Waals surface area contributed by atoms with Crippen LogP contribution in [0.15, 0.2) is 18.2 Å². The maximum absolute atomic E-state index is 11.0. The topological polar surface area (TPSA) is 116 Å². The highest BCUT2D eigenvalue weighted by atomic mass is 16.6. The van der Waals surface area contributed by atoms with Gasteiger partial charge in [0, 0.05) is 19.2 Å². The van der Waals surface area contributed by atoms with Crippen LogP contribution in [0.3, 0.4) is 0 Å². The van der Waals surface area contributed by atoms with E-state index >= 15 is 0 Å². The molecule has 1 unspecified atom stereocenters. The quantitative estimate of drug-likeness (QED) is 0.508. The lowest BCUT2D eigenvalue weighted by Crippen LogP contribution is -2.43. The van der Waals surface area contributed by atoms with E-state index in [1.54, 1.807) is 25.9 Å². The maximum Gasteiger partial charge on any atom is 0.335 e. The Kier molecular flexibility index (Phi) is 5.23. The predicted molar refractivity (Wildman–Crippen MR) is 77.7 cm³/mol. The summed E-state index contributed by atoms with van der Waals surface area (Å²) >= 11 is 0. The number of anilines is 1. The molecule has 1 aromatic carbocycles. The van der Waals surface area contributed by atoms with Crippen LogP contribution in [0.25, 0.3) is 0 Å². The molecule has 0 aromatic heterocycles. The third kappa shape index (κ3) is 5.01. The molecule has 1 rings (SSSR count). The normalized spacial score (nSPS) is 13.8. The van der Waals surface area contributed by atoms with E-state index in [0.29, 0.717) is 6.54 Å². The molecule has 8 nitrogen and oxygen atoms in total. The highest BCUT2D eigenvalue weighted by Gasteiger charge is 2.23. The lowest BCUT2D eigenvalue weighted by molar-refractivity contribution is -0.384. The van der Waals surface area contributed by atoms with Crippen LogP contribution in [0.2, 0.25) is 0 Å². The minimum atomic E-state index is -1.17. The molecule has 0 fully saturated rings. The summed E-state index contributed by atoms with van der Waals surface area (Å²) in [5, 5.41) is 32.8. The Hall–Kier alpha value is -2.19. The summed E-state index contributed by atoms with van der Waals surface area (Å²) in [6.07, 6.45) is 0. The van der Waals surface area contributed by atoms with Crippen molar-refractivity contribution in [3.8, 4) is 0 Å². The number of aliphatic hydroxyl groups is 1. The average molecular weight is 297 g/mol. The first-order chi connectivity index (χ1) is 9.62. The van der Waals surface area contributed by atoms with Gasteiger partial charge in [0.1, 0.15) is 5.69 Å². The molecule has 0 heterocycles. The fourth-order valence-electron chi connectivity index (χ4n) is 1.99. The van der Waals surface area contributed by atoms with Gasteiger partial charge >= 0.3 is 5.97 Å². The molecule has 0 spiro atoms. The largest absolute Gasteiger partial charge is 0.478 e. The Morgan fingerprint density at radius 2 is 2.10 bits per heavy atom. The summed E-state index contributed by atoms with van der Waals surface area (Å²) in [6.45, 7) is 1.99. The molecule has 0 aliphatic rings. The number of hydrogen-bond acceptors (Lipinski definition) is 6. The van der Waals surface area contributed by atoms with Gasteiger partial charge in [0.25, 0.3) is 5.69 Å². The Labute approximate surface area is 122 Å². The number of aromatic carboxylic acids is 1. The molecule has 0 radical (unpaired) electrons. The first kappa shape index (κ1) is 16.9. The molecule has 0 amide bonds. The van der Waals surface area contributed by atoms with E-state index in [0.717, 1.165) is 6.07 Å². The molecule has 0 saturated heterocycles. The fraction of sp³-hybridized carbons (Fsp3) is 0.462. The number of carboxylic acid groups (broad SMARTS) is 1. The number of hydrogen-bond donors (Lipinski definition) is 3. The molecular formula is C13H19N3O5. The summed E-state index contributed by atoms with van der Waals surface area (Å²) in [5.74, 6) is -1.17. The van der Waals surface area contributed by atoms with Gasteiger partial charge in [-0.25, -0.2) is 4.79 Å². The van der Waals surface area contributed by atoms with Crippen molar-refractivity contribution in [2.75, 3.05) is 32.5 Å². The number of carbonyl (C=O) groups is 1. The van der Waals surface area contributed by atoms with E-state index in [1.165, 1.54) is 12.1 Å². The molecule has 3 N–H and O–H groups in total. The third-order valence-electron chi connectivity index (χ3n) is 2.76. The molecule has 1 aromatic rings. The number of likely N-dealkylation sites (N-methyl/N-ethyl adjacent to an activating group) is 1. The van der Waals surface area contributed by atoms with Gasteiger partial charge in [-0.15, -0.1) is 0 Å².